The fourth-order valence-corrected chi connectivity index (χ4v) is 1.04. The lowest BCUT2D eigenvalue weighted by atomic mass is 10.7. The molecule has 40 valence electrons. The third-order valence-corrected chi connectivity index (χ3v) is 1.57. The van der Waals surface area contributed by atoms with Crippen LogP contribution in [0.25, 0.3) is 0 Å². The quantitative estimate of drug-likeness (QED) is 0.507. The van der Waals surface area contributed by atoms with Crippen molar-refractivity contribution in [1.82, 2.24) is 0 Å². The third kappa shape index (κ3) is 1.49. The van der Waals surface area contributed by atoms with Crippen molar-refractivity contribution in [1.29, 1.82) is 5.41 Å². The van der Waals surface area contributed by atoms with Crippen molar-refractivity contribution in [3.63, 3.8) is 0 Å². The average Bonchev–Trinajstić information content (AvgIpc) is 1.69. The molecule has 0 amide bonds. The lowest BCUT2D eigenvalue weighted by molar-refractivity contribution is 0.188. The van der Waals surface area contributed by atoms with Crippen LogP contribution in [-0.4, -0.2) is 24.0 Å². The minimum absolute atomic E-state index is 0.532. The smallest absolute Gasteiger partial charge is 0.0942 e. The summed E-state index contributed by atoms with van der Waals surface area (Å²) in [5, 5.41) is 7.69. The zero-order valence-corrected chi connectivity index (χ0v) is 4.75. The SMILES string of the molecule is N=C1COCCS1. The summed E-state index contributed by atoms with van der Waals surface area (Å²) >= 11 is 1.58. The Morgan fingerprint density at radius 3 is 2.86 bits per heavy atom. The number of nitrogens with one attached hydrogen (secondary N) is 1. The molecule has 2 nitrogen and oxygen atoms in total. The molecular formula is C4H7NOS. The van der Waals surface area contributed by atoms with E-state index in [1.165, 1.54) is 0 Å². The van der Waals surface area contributed by atoms with Gasteiger partial charge in [-0.3, -0.25) is 5.41 Å². The third-order valence-electron chi connectivity index (χ3n) is 0.737. The van der Waals surface area contributed by atoms with E-state index >= 15 is 0 Å². The minimum Gasteiger partial charge on any atom is -0.374 e. The lowest BCUT2D eigenvalue weighted by Gasteiger charge is -2.09. The van der Waals surface area contributed by atoms with Crippen LogP contribution in [0.2, 0.25) is 0 Å². The average molecular weight is 117 g/mol. The number of hydrogen-bond acceptors (Lipinski definition) is 3. The molecule has 1 fully saturated rings. The number of ether oxygens (including phenoxy) is 1. The van der Waals surface area contributed by atoms with E-state index in [2.05, 4.69) is 0 Å². The van der Waals surface area contributed by atoms with E-state index in [9.17, 15) is 0 Å². The first kappa shape index (κ1) is 5.12. The maximum Gasteiger partial charge on any atom is 0.0942 e. The van der Waals surface area contributed by atoms with Crippen molar-refractivity contribution >= 4 is 16.8 Å². The Kier molecular flexibility index (Phi) is 1.70. The lowest BCUT2D eigenvalue weighted by Crippen LogP contribution is -2.13. The number of thioether (sulfide) groups is 1. The zero-order valence-electron chi connectivity index (χ0n) is 3.94. The summed E-state index contributed by atoms with van der Waals surface area (Å²) < 4.78 is 4.94. The van der Waals surface area contributed by atoms with Gasteiger partial charge in [0.25, 0.3) is 0 Å². The summed E-state index contributed by atoms with van der Waals surface area (Å²) in [5.41, 5.74) is 0. The van der Waals surface area contributed by atoms with Crippen molar-refractivity contribution in [3.05, 3.63) is 0 Å². The monoisotopic (exact) mass is 117 g/mol. The Morgan fingerprint density at radius 2 is 2.57 bits per heavy atom. The van der Waals surface area contributed by atoms with Crippen molar-refractivity contribution in [2.75, 3.05) is 19.0 Å². The predicted molar refractivity (Wildman–Crippen MR) is 31.0 cm³/mol. The van der Waals surface area contributed by atoms with Gasteiger partial charge >= 0.3 is 0 Å². The Labute approximate surface area is 46.8 Å². The maximum atomic E-state index is 7.03. The molecule has 0 aliphatic carbocycles. The summed E-state index contributed by atoms with van der Waals surface area (Å²) in [5.74, 6) is 0.957. The fraction of sp³-hybridized carbons (Fsp3) is 0.750. The van der Waals surface area contributed by atoms with E-state index < -0.39 is 0 Å². The van der Waals surface area contributed by atoms with Crippen molar-refractivity contribution in [2.24, 2.45) is 0 Å². The Balaban J connectivity index is 2.25. The predicted octanol–water partition coefficient (Wildman–Crippen LogP) is 0.727. The summed E-state index contributed by atoms with van der Waals surface area (Å²) in [6, 6.07) is 0. The maximum absolute atomic E-state index is 7.03. The van der Waals surface area contributed by atoms with Crippen LogP contribution in [-0.2, 0) is 4.74 Å². The molecule has 3 heteroatoms. The Morgan fingerprint density at radius 1 is 1.71 bits per heavy atom. The van der Waals surface area contributed by atoms with Crippen LogP contribution in [0, 0.1) is 5.41 Å². The molecule has 0 spiro atoms. The van der Waals surface area contributed by atoms with E-state index in [4.69, 9.17) is 10.1 Å². The number of rotatable bonds is 0. The topological polar surface area (TPSA) is 33.1 Å². The van der Waals surface area contributed by atoms with Gasteiger partial charge in [-0.05, 0) is 0 Å². The molecule has 0 aromatic heterocycles. The van der Waals surface area contributed by atoms with Gasteiger partial charge in [0.05, 0.1) is 18.3 Å². The molecule has 0 atom stereocenters. The van der Waals surface area contributed by atoms with E-state index in [1.807, 2.05) is 0 Å². The van der Waals surface area contributed by atoms with Crippen molar-refractivity contribution in [3.8, 4) is 0 Å². The largest absolute Gasteiger partial charge is 0.374 e. The number of hydrogen-bond donors (Lipinski definition) is 1. The van der Waals surface area contributed by atoms with Gasteiger partial charge in [0.2, 0.25) is 0 Å². The highest BCUT2D eigenvalue weighted by Gasteiger charge is 2.02. The van der Waals surface area contributed by atoms with Crippen molar-refractivity contribution in [2.45, 2.75) is 0 Å². The molecule has 0 unspecified atom stereocenters. The molecule has 1 heterocycles. The normalized spacial score (nSPS) is 22.6. The van der Waals surface area contributed by atoms with Gasteiger partial charge in [-0.1, -0.05) is 0 Å². The first-order valence-electron chi connectivity index (χ1n) is 2.17. The second kappa shape index (κ2) is 2.33. The molecule has 1 N–H and O–H groups in total. The Bertz CT molecular complexity index is 75.8. The van der Waals surface area contributed by atoms with Gasteiger partial charge in [0.1, 0.15) is 0 Å². The van der Waals surface area contributed by atoms with Gasteiger partial charge in [0.15, 0.2) is 0 Å². The molecule has 1 aliphatic rings. The molecule has 1 aliphatic heterocycles. The second-order valence-electron chi connectivity index (χ2n) is 1.32. The molecule has 0 aromatic rings. The van der Waals surface area contributed by atoms with E-state index in [-0.39, 0.29) is 0 Å². The second-order valence-corrected chi connectivity index (χ2v) is 2.51. The molecule has 1 rings (SSSR count). The van der Waals surface area contributed by atoms with Crippen LogP contribution in [0.4, 0.5) is 0 Å². The van der Waals surface area contributed by atoms with Crippen LogP contribution in [0.1, 0.15) is 0 Å². The highest BCUT2D eigenvalue weighted by molar-refractivity contribution is 8.13. The van der Waals surface area contributed by atoms with Crippen molar-refractivity contribution < 1.29 is 4.74 Å². The van der Waals surface area contributed by atoms with Gasteiger partial charge < -0.3 is 4.74 Å². The highest BCUT2D eigenvalue weighted by Crippen LogP contribution is 2.06. The molecule has 0 saturated carbocycles. The van der Waals surface area contributed by atoms with Crippen LogP contribution in [0.15, 0.2) is 0 Å². The molecular weight excluding hydrogens is 110 g/mol. The molecule has 1 saturated heterocycles. The van der Waals surface area contributed by atoms with Crippen LogP contribution < -0.4 is 0 Å². The Hall–Kier alpha value is -0.0200. The van der Waals surface area contributed by atoms with E-state index in [0.717, 1.165) is 12.4 Å². The summed E-state index contributed by atoms with van der Waals surface area (Å²) in [4.78, 5) is 0. The van der Waals surface area contributed by atoms with Gasteiger partial charge in [-0.25, -0.2) is 0 Å². The minimum atomic E-state index is 0.532. The van der Waals surface area contributed by atoms with Crippen LogP contribution >= 0.6 is 11.8 Å². The van der Waals surface area contributed by atoms with Gasteiger partial charge in [-0.2, -0.15) is 0 Å². The molecule has 0 radical (unpaired) electrons. The molecule has 0 aromatic carbocycles. The summed E-state index contributed by atoms with van der Waals surface area (Å²) in [7, 11) is 0. The summed E-state index contributed by atoms with van der Waals surface area (Å²) in [6.45, 7) is 1.34. The van der Waals surface area contributed by atoms with Crippen LogP contribution in [0.5, 0.6) is 0 Å². The van der Waals surface area contributed by atoms with E-state index in [1.54, 1.807) is 11.8 Å². The van der Waals surface area contributed by atoms with Gasteiger partial charge in [-0.15, -0.1) is 11.8 Å². The van der Waals surface area contributed by atoms with E-state index in [0.29, 0.717) is 11.7 Å². The van der Waals surface area contributed by atoms with Crippen LogP contribution in [0.3, 0.4) is 0 Å². The van der Waals surface area contributed by atoms with Gasteiger partial charge in [0, 0.05) is 5.75 Å². The first-order chi connectivity index (χ1) is 3.39. The standard InChI is InChI=1S/C4H7NOS/c5-4-3-6-1-2-7-4/h5H,1-3H2. The highest BCUT2D eigenvalue weighted by atomic mass is 32.2. The molecule has 7 heavy (non-hydrogen) atoms. The summed E-state index contributed by atoms with van der Waals surface area (Å²) in [6.07, 6.45) is 0. The zero-order chi connectivity index (χ0) is 5.11. The first-order valence-corrected chi connectivity index (χ1v) is 3.16. The fourth-order valence-electron chi connectivity index (χ4n) is 0.430. The molecule has 0 bridgehead atoms.